The van der Waals surface area contributed by atoms with Gasteiger partial charge in [0.2, 0.25) is 0 Å². The second-order valence-electron chi connectivity index (χ2n) is 3.95. The summed E-state index contributed by atoms with van der Waals surface area (Å²) in [6.07, 6.45) is 1.49. The molecule has 0 saturated carbocycles. The average Bonchev–Trinajstić information content (AvgIpc) is 2.51. The van der Waals surface area contributed by atoms with Gasteiger partial charge in [-0.15, -0.1) is 0 Å². The van der Waals surface area contributed by atoms with Gasteiger partial charge in [0.15, 0.2) is 5.65 Å². The molecule has 2 aromatic heterocycles. The fourth-order valence-electron chi connectivity index (χ4n) is 1.84. The first-order valence-corrected chi connectivity index (χ1v) is 6.17. The SMILES string of the molecule is Nc1ncnc2c1c(I)nn2CC1CNC1. The van der Waals surface area contributed by atoms with Gasteiger partial charge < -0.3 is 11.1 Å². The molecule has 0 aliphatic carbocycles. The molecule has 0 atom stereocenters. The Morgan fingerprint density at radius 1 is 1.50 bits per heavy atom. The van der Waals surface area contributed by atoms with Crippen LogP contribution in [0.4, 0.5) is 5.82 Å². The second kappa shape index (κ2) is 3.81. The number of fused-ring (bicyclic) bond motifs is 1. The summed E-state index contributed by atoms with van der Waals surface area (Å²) in [5, 5.41) is 8.58. The van der Waals surface area contributed by atoms with Crippen molar-refractivity contribution in [1.29, 1.82) is 0 Å². The third kappa shape index (κ3) is 1.54. The molecular formula is C9H11IN6. The van der Waals surface area contributed by atoms with Crippen LogP contribution in [0.25, 0.3) is 11.0 Å². The van der Waals surface area contributed by atoms with Gasteiger partial charge in [0, 0.05) is 25.6 Å². The lowest BCUT2D eigenvalue weighted by Crippen LogP contribution is -2.44. The molecule has 7 heteroatoms. The van der Waals surface area contributed by atoms with Crippen LogP contribution in [0.3, 0.4) is 0 Å². The highest BCUT2D eigenvalue weighted by Gasteiger charge is 2.20. The van der Waals surface area contributed by atoms with E-state index in [2.05, 4.69) is 43.0 Å². The molecule has 0 unspecified atom stereocenters. The fraction of sp³-hybridized carbons (Fsp3) is 0.444. The normalized spacial score (nSPS) is 16.6. The molecule has 0 aromatic carbocycles. The molecule has 0 bridgehead atoms. The molecule has 16 heavy (non-hydrogen) atoms. The minimum atomic E-state index is 0.507. The Balaban J connectivity index is 2.07. The number of hydrogen-bond donors (Lipinski definition) is 2. The van der Waals surface area contributed by atoms with E-state index in [-0.39, 0.29) is 0 Å². The lowest BCUT2D eigenvalue weighted by Gasteiger charge is -2.26. The molecule has 3 rings (SSSR count). The predicted octanol–water partition coefficient (Wildman–Crippen LogP) is 0.232. The summed E-state index contributed by atoms with van der Waals surface area (Å²) in [7, 11) is 0. The van der Waals surface area contributed by atoms with Crippen molar-refractivity contribution >= 4 is 39.4 Å². The Bertz CT molecular complexity index is 532. The summed E-state index contributed by atoms with van der Waals surface area (Å²) in [4.78, 5) is 8.25. The van der Waals surface area contributed by atoms with Gasteiger partial charge >= 0.3 is 0 Å². The molecule has 0 radical (unpaired) electrons. The number of halogens is 1. The van der Waals surface area contributed by atoms with Crippen LogP contribution >= 0.6 is 22.6 Å². The minimum absolute atomic E-state index is 0.507. The first kappa shape index (κ1) is 10.2. The molecular weight excluding hydrogens is 319 g/mol. The Kier molecular flexibility index (Phi) is 2.43. The summed E-state index contributed by atoms with van der Waals surface area (Å²) >= 11 is 2.17. The summed E-state index contributed by atoms with van der Waals surface area (Å²) in [5.41, 5.74) is 6.66. The summed E-state index contributed by atoms with van der Waals surface area (Å²) in [6.45, 7) is 3.00. The van der Waals surface area contributed by atoms with Gasteiger partial charge in [-0.3, -0.25) is 0 Å². The molecule has 3 heterocycles. The van der Waals surface area contributed by atoms with Crippen molar-refractivity contribution in [2.45, 2.75) is 6.54 Å². The van der Waals surface area contributed by atoms with Crippen LogP contribution in [0.5, 0.6) is 0 Å². The minimum Gasteiger partial charge on any atom is -0.383 e. The molecule has 2 aromatic rings. The van der Waals surface area contributed by atoms with Gasteiger partial charge in [-0.25, -0.2) is 14.6 Å². The highest BCUT2D eigenvalue weighted by atomic mass is 127. The third-order valence-electron chi connectivity index (χ3n) is 2.81. The van der Waals surface area contributed by atoms with Crippen LogP contribution in [0.1, 0.15) is 0 Å². The van der Waals surface area contributed by atoms with E-state index >= 15 is 0 Å². The van der Waals surface area contributed by atoms with Crippen LogP contribution in [-0.2, 0) is 6.54 Å². The molecule has 1 saturated heterocycles. The maximum Gasteiger partial charge on any atom is 0.164 e. The molecule has 1 fully saturated rings. The van der Waals surface area contributed by atoms with Crippen LogP contribution in [0, 0.1) is 9.62 Å². The van der Waals surface area contributed by atoms with Gasteiger partial charge in [0.25, 0.3) is 0 Å². The number of aromatic nitrogens is 4. The van der Waals surface area contributed by atoms with E-state index in [0.717, 1.165) is 34.4 Å². The molecule has 84 valence electrons. The second-order valence-corrected chi connectivity index (χ2v) is 4.98. The maximum absolute atomic E-state index is 5.83. The fourth-order valence-corrected chi connectivity index (χ4v) is 2.61. The molecule has 1 aliphatic rings. The summed E-state index contributed by atoms with van der Waals surface area (Å²) < 4.78 is 2.80. The Morgan fingerprint density at radius 3 is 3.00 bits per heavy atom. The average molecular weight is 330 g/mol. The van der Waals surface area contributed by atoms with Crippen LogP contribution in [0.15, 0.2) is 6.33 Å². The first-order valence-electron chi connectivity index (χ1n) is 5.09. The quantitative estimate of drug-likeness (QED) is 0.771. The van der Waals surface area contributed by atoms with Crippen molar-refractivity contribution in [2.75, 3.05) is 18.8 Å². The van der Waals surface area contributed by atoms with Crippen LogP contribution in [0.2, 0.25) is 0 Å². The zero-order valence-electron chi connectivity index (χ0n) is 8.52. The smallest absolute Gasteiger partial charge is 0.164 e. The Morgan fingerprint density at radius 2 is 2.31 bits per heavy atom. The zero-order valence-corrected chi connectivity index (χ0v) is 10.7. The van der Waals surface area contributed by atoms with Gasteiger partial charge in [-0.1, -0.05) is 0 Å². The number of hydrogen-bond acceptors (Lipinski definition) is 5. The van der Waals surface area contributed by atoms with Gasteiger partial charge in [-0.05, 0) is 22.6 Å². The van der Waals surface area contributed by atoms with Crippen molar-refractivity contribution in [2.24, 2.45) is 5.92 Å². The molecule has 0 spiro atoms. The zero-order chi connectivity index (χ0) is 11.1. The van der Waals surface area contributed by atoms with Crippen LogP contribution in [-0.4, -0.2) is 32.8 Å². The number of nitrogens with zero attached hydrogens (tertiary/aromatic N) is 4. The van der Waals surface area contributed by atoms with Crippen LogP contribution < -0.4 is 11.1 Å². The van der Waals surface area contributed by atoms with Crippen molar-refractivity contribution in [3.63, 3.8) is 0 Å². The highest BCUT2D eigenvalue weighted by Crippen LogP contribution is 2.23. The highest BCUT2D eigenvalue weighted by molar-refractivity contribution is 14.1. The molecule has 6 nitrogen and oxygen atoms in total. The molecule has 1 aliphatic heterocycles. The number of anilines is 1. The maximum atomic E-state index is 5.83. The van der Waals surface area contributed by atoms with E-state index in [0.29, 0.717) is 11.7 Å². The number of nitrogens with one attached hydrogen (secondary N) is 1. The topological polar surface area (TPSA) is 81.7 Å². The summed E-state index contributed by atoms with van der Waals surface area (Å²) in [5.74, 6) is 1.16. The monoisotopic (exact) mass is 330 g/mol. The van der Waals surface area contributed by atoms with Crippen molar-refractivity contribution in [3.05, 3.63) is 10.0 Å². The number of nitrogens with two attached hydrogens (primary N) is 1. The number of nitrogen functional groups attached to an aromatic ring is 1. The Labute approximate surface area is 106 Å². The first-order chi connectivity index (χ1) is 7.75. The number of rotatable bonds is 2. The van der Waals surface area contributed by atoms with Crippen molar-refractivity contribution < 1.29 is 0 Å². The van der Waals surface area contributed by atoms with E-state index in [4.69, 9.17) is 5.73 Å². The summed E-state index contributed by atoms with van der Waals surface area (Å²) in [6, 6.07) is 0. The van der Waals surface area contributed by atoms with Gasteiger partial charge in [0.05, 0.1) is 5.39 Å². The van der Waals surface area contributed by atoms with Crippen molar-refractivity contribution in [3.8, 4) is 0 Å². The third-order valence-corrected chi connectivity index (χ3v) is 3.57. The standard InChI is InChI=1S/C9H11IN6/c10-7-6-8(11)13-4-14-9(6)16(15-7)3-5-1-12-2-5/h4-5,12H,1-3H2,(H2,11,13,14). The van der Waals surface area contributed by atoms with E-state index < -0.39 is 0 Å². The van der Waals surface area contributed by atoms with Gasteiger partial charge in [0.1, 0.15) is 15.8 Å². The lowest BCUT2D eigenvalue weighted by molar-refractivity contribution is 0.298. The largest absolute Gasteiger partial charge is 0.383 e. The van der Waals surface area contributed by atoms with E-state index in [1.165, 1.54) is 6.33 Å². The Hall–Kier alpha value is -0.960. The predicted molar refractivity (Wildman–Crippen MR) is 68.8 cm³/mol. The van der Waals surface area contributed by atoms with E-state index in [9.17, 15) is 0 Å². The molecule has 0 amide bonds. The molecule has 3 N–H and O–H groups in total. The van der Waals surface area contributed by atoms with Gasteiger partial charge in [-0.2, -0.15) is 5.10 Å². The lowest BCUT2D eigenvalue weighted by atomic mass is 10.0. The van der Waals surface area contributed by atoms with E-state index in [1.807, 2.05) is 4.68 Å². The van der Waals surface area contributed by atoms with E-state index in [1.54, 1.807) is 0 Å². The van der Waals surface area contributed by atoms with Crippen molar-refractivity contribution in [1.82, 2.24) is 25.1 Å².